The van der Waals surface area contributed by atoms with Crippen molar-refractivity contribution in [2.75, 3.05) is 0 Å². The molecule has 3 rings (SSSR count). The second kappa shape index (κ2) is 8.64. The Morgan fingerprint density at radius 1 is 1.00 bits per heavy atom. The summed E-state index contributed by atoms with van der Waals surface area (Å²) in [5.74, 6) is 0.207. The maximum atomic E-state index is 12.3. The quantitative estimate of drug-likeness (QED) is 0.488. The Morgan fingerprint density at radius 2 is 1.62 bits per heavy atom. The van der Waals surface area contributed by atoms with Crippen LogP contribution in [0.15, 0.2) is 59.1 Å². The number of nitrogens with zero attached hydrogens (tertiary/aromatic N) is 1. The van der Waals surface area contributed by atoms with E-state index in [9.17, 15) is 14.4 Å². The lowest BCUT2D eigenvalue weighted by Crippen LogP contribution is -2.39. The van der Waals surface area contributed by atoms with Crippen LogP contribution in [0.3, 0.4) is 0 Å². The fraction of sp³-hybridized carbons (Fsp3) is 0.250. The zero-order valence-electron chi connectivity index (χ0n) is 14.0. The first-order valence-electron chi connectivity index (χ1n) is 8.31. The third-order valence-corrected chi connectivity index (χ3v) is 6.09. The highest BCUT2D eigenvalue weighted by atomic mass is 79.9. The molecule has 2 atom stereocenters. The number of benzene rings is 2. The number of carbonyl (C=O) groups is 3. The first-order valence-corrected chi connectivity index (χ1v) is 10.2. The van der Waals surface area contributed by atoms with E-state index < -0.39 is 11.3 Å². The maximum absolute atomic E-state index is 12.3. The summed E-state index contributed by atoms with van der Waals surface area (Å²) in [5.41, 5.74) is 1.88. The summed E-state index contributed by atoms with van der Waals surface area (Å²) in [6.07, 6.45) is 1.26. The standard InChI is InChI=1S/C20H18BrNO3S/c21-16-8-6-15(7-9-16)20(22-18(24)10-11-19(22)25)17(12-23)26-13-14-4-2-1-3-5-14/h1-9,12,17,20H,10-11,13H2/t17-,20-/m1/s1. The molecule has 0 unspecified atom stereocenters. The molecule has 1 aliphatic rings. The first kappa shape index (κ1) is 18.9. The fourth-order valence-corrected chi connectivity index (χ4v) is 4.40. The molecule has 0 spiro atoms. The third kappa shape index (κ3) is 4.24. The van der Waals surface area contributed by atoms with Crippen molar-refractivity contribution in [2.45, 2.75) is 29.9 Å². The number of likely N-dealkylation sites (tertiary alicyclic amines) is 1. The van der Waals surface area contributed by atoms with Crippen LogP contribution in [-0.4, -0.2) is 28.3 Å². The van der Waals surface area contributed by atoms with Crippen molar-refractivity contribution in [2.24, 2.45) is 0 Å². The summed E-state index contributed by atoms with van der Waals surface area (Å²) < 4.78 is 0.902. The molecule has 26 heavy (non-hydrogen) atoms. The van der Waals surface area contributed by atoms with Crippen LogP contribution >= 0.6 is 27.7 Å². The largest absolute Gasteiger partial charge is 0.302 e. The van der Waals surface area contributed by atoms with Crippen LogP contribution in [0.25, 0.3) is 0 Å². The minimum absolute atomic E-state index is 0.209. The highest BCUT2D eigenvalue weighted by Crippen LogP contribution is 2.36. The lowest BCUT2D eigenvalue weighted by molar-refractivity contribution is -0.141. The Labute approximate surface area is 165 Å². The van der Waals surface area contributed by atoms with Gasteiger partial charge in [0, 0.05) is 23.1 Å². The molecule has 2 aromatic carbocycles. The Bertz CT molecular complexity index is 778. The van der Waals surface area contributed by atoms with Gasteiger partial charge in [-0.2, -0.15) is 0 Å². The van der Waals surface area contributed by atoms with Crippen LogP contribution in [0, 0.1) is 0 Å². The maximum Gasteiger partial charge on any atom is 0.230 e. The molecule has 6 heteroatoms. The van der Waals surface area contributed by atoms with Crippen LogP contribution in [0.5, 0.6) is 0 Å². The van der Waals surface area contributed by atoms with Crippen molar-refractivity contribution in [3.05, 3.63) is 70.2 Å². The topological polar surface area (TPSA) is 54.5 Å². The second-order valence-corrected chi connectivity index (χ2v) is 8.13. The van der Waals surface area contributed by atoms with Crippen LogP contribution < -0.4 is 0 Å². The zero-order chi connectivity index (χ0) is 18.5. The predicted octanol–water partition coefficient (Wildman–Crippen LogP) is 4.14. The molecule has 1 heterocycles. The molecule has 0 aliphatic carbocycles. The lowest BCUT2D eigenvalue weighted by Gasteiger charge is -2.30. The summed E-state index contributed by atoms with van der Waals surface area (Å²) in [7, 11) is 0. The number of hydrogen-bond acceptors (Lipinski definition) is 4. The Kier molecular flexibility index (Phi) is 6.27. The molecular weight excluding hydrogens is 414 g/mol. The molecular formula is C20H18BrNO3S. The van der Waals surface area contributed by atoms with Gasteiger partial charge in [0.25, 0.3) is 0 Å². The van der Waals surface area contributed by atoms with E-state index in [1.54, 1.807) is 0 Å². The van der Waals surface area contributed by atoms with E-state index >= 15 is 0 Å². The van der Waals surface area contributed by atoms with E-state index in [1.165, 1.54) is 16.7 Å². The number of rotatable bonds is 7. The summed E-state index contributed by atoms with van der Waals surface area (Å²) >= 11 is 4.84. The number of hydrogen-bond donors (Lipinski definition) is 0. The molecule has 1 aliphatic heterocycles. The molecule has 2 aromatic rings. The molecule has 2 amide bonds. The van der Waals surface area contributed by atoms with Crippen LogP contribution in [0.4, 0.5) is 0 Å². The lowest BCUT2D eigenvalue weighted by atomic mass is 10.0. The predicted molar refractivity (Wildman–Crippen MR) is 106 cm³/mol. The van der Waals surface area contributed by atoms with Gasteiger partial charge in [0.15, 0.2) is 0 Å². The van der Waals surface area contributed by atoms with Crippen molar-refractivity contribution in [1.29, 1.82) is 0 Å². The highest BCUT2D eigenvalue weighted by Gasteiger charge is 2.40. The normalized spacial score (nSPS) is 16.6. The first-order chi connectivity index (χ1) is 12.6. The molecule has 0 radical (unpaired) electrons. The summed E-state index contributed by atoms with van der Waals surface area (Å²) in [5, 5.41) is -0.526. The molecule has 0 saturated carbocycles. The fourth-order valence-electron chi connectivity index (χ4n) is 3.02. The number of thioether (sulfide) groups is 1. The average Bonchev–Trinajstić information content (AvgIpc) is 2.99. The molecule has 0 bridgehead atoms. The van der Waals surface area contributed by atoms with E-state index in [0.717, 1.165) is 21.9 Å². The Morgan fingerprint density at radius 3 is 2.19 bits per heavy atom. The number of amides is 2. The molecule has 4 nitrogen and oxygen atoms in total. The van der Waals surface area contributed by atoms with Gasteiger partial charge in [-0.1, -0.05) is 58.4 Å². The van der Waals surface area contributed by atoms with Gasteiger partial charge in [0.1, 0.15) is 6.29 Å². The molecule has 134 valence electrons. The number of halogens is 1. The number of imide groups is 1. The molecule has 0 N–H and O–H groups in total. The van der Waals surface area contributed by atoms with E-state index in [-0.39, 0.29) is 24.7 Å². The minimum atomic E-state index is -0.586. The Balaban J connectivity index is 1.89. The van der Waals surface area contributed by atoms with Gasteiger partial charge in [-0.05, 0) is 23.3 Å². The van der Waals surface area contributed by atoms with Crippen molar-refractivity contribution < 1.29 is 14.4 Å². The van der Waals surface area contributed by atoms with E-state index in [1.807, 2.05) is 54.6 Å². The van der Waals surface area contributed by atoms with E-state index in [0.29, 0.717) is 5.75 Å². The van der Waals surface area contributed by atoms with Gasteiger partial charge < -0.3 is 4.79 Å². The van der Waals surface area contributed by atoms with Gasteiger partial charge in [-0.3, -0.25) is 14.5 Å². The van der Waals surface area contributed by atoms with Crippen LogP contribution in [-0.2, 0) is 20.1 Å². The third-order valence-electron chi connectivity index (χ3n) is 4.31. The van der Waals surface area contributed by atoms with Crippen LogP contribution in [0.2, 0.25) is 0 Å². The molecule has 1 fully saturated rings. The average molecular weight is 432 g/mol. The summed E-state index contributed by atoms with van der Waals surface area (Å²) in [4.78, 5) is 37.8. The molecule has 1 saturated heterocycles. The SMILES string of the molecule is O=C[C@@H](SCc1ccccc1)[C@@H](c1ccc(Br)cc1)N1C(=O)CCC1=O. The number of aldehydes is 1. The van der Waals surface area contributed by atoms with E-state index in [4.69, 9.17) is 0 Å². The van der Waals surface area contributed by atoms with Crippen LogP contribution in [0.1, 0.15) is 30.0 Å². The van der Waals surface area contributed by atoms with Gasteiger partial charge in [0.2, 0.25) is 11.8 Å². The van der Waals surface area contributed by atoms with Gasteiger partial charge in [-0.25, -0.2) is 0 Å². The van der Waals surface area contributed by atoms with Gasteiger partial charge in [0.05, 0.1) is 11.3 Å². The van der Waals surface area contributed by atoms with Gasteiger partial charge in [-0.15, -0.1) is 11.8 Å². The zero-order valence-corrected chi connectivity index (χ0v) is 16.4. The highest BCUT2D eigenvalue weighted by molar-refractivity contribution is 9.10. The second-order valence-electron chi connectivity index (χ2n) is 6.05. The summed E-state index contributed by atoms with van der Waals surface area (Å²) in [6.45, 7) is 0. The molecule has 0 aromatic heterocycles. The Hall–Kier alpha value is -1.92. The van der Waals surface area contributed by atoms with Crippen molar-refractivity contribution in [3.63, 3.8) is 0 Å². The monoisotopic (exact) mass is 431 g/mol. The van der Waals surface area contributed by atoms with E-state index in [2.05, 4.69) is 15.9 Å². The van der Waals surface area contributed by atoms with Crippen molar-refractivity contribution in [1.82, 2.24) is 4.90 Å². The van der Waals surface area contributed by atoms with Crippen molar-refractivity contribution >= 4 is 45.8 Å². The minimum Gasteiger partial charge on any atom is -0.302 e. The summed E-state index contributed by atoms with van der Waals surface area (Å²) in [6, 6.07) is 16.7. The van der Waals surface area contributed by atoms with Gasteiger partial charge >= 0.3 is 0 Å². The van der Waals surface area contributed by atoms with Crippen molar-refractivity contribution in [3.8, 4) is 0 Å². The number of carbonyl (C=O) groups excluding carboxylic acids is 3. The smallest absolute Gasteiger partial charge is 0.230 e.